The maximum absolute atomic E-state index is 11.4. The molecule has 0 spiro atoms. The van der Waals surface area contributed by atoms with Crippen LogP contribution < -0.4 is 0 Å². The van der Waals surface area contributed by atoms with Crippen molar-refractivity contribution in [3.63, 3.8) is 0 Å². The Labute approximate surface area is 72.6 Å². The van der Waals surface area contributed by atoms with Crippen LogP contribution in [0.15, 0.2) is 23.5 Å². The van der Waals surface area contributed by atoms with E-state index in [0.29, 0.717) is 24.0 Å². The highest BCUT2D eigenvalue weighted by Gasteiger charge is 2.24. The number of ketones is 1. The first-order chi connectivity index (χ1) is 5.52. The molecule has 0 saturated carbocycles. The molecule has 1 rings (SSSR count). The fourth-order valence-corrected chi connectivity index (χ4v) is 1.57. The van der Waals surface area contributed by atoms with Gasteiger partial charge in [-0.05, 0) is 18.4 Å². The van der Waals surface area contributed by atoms with Gasteiger partial charge in [0.1, 0.15) is 5.76 Å². The van der Waals surface area contributed by atoms with Crippen LogP contribution in [0.25, 0.3) is 0 Å². The van der Waals surface area contributed by atoms with Crippen LogP contribution in [0.1, 0.15) is 26.7 Å². The summed E-state index contributed by atoms with van der Waals surface area (Å²) < 4.78 is 0. The highest BCUT2D eigenvalue weighted by molar-refractivity contribution is 6.00. The molecular formula is C10H14O2. The van der Waals surface area contributed by atoms with Crippen LogP contribution >= 0.6 is 0 Å². The first-order valence-electron chi connectivity index (χ1n) is 4.13. The Balaban J connectivity index is 3.01. The van der Waals surface area contributed by atoms with Crippen LogP contribution in [-0.2, 0) is 4.79 Å². The molecule has 66 valence electrons. The second kappa shape index (κ2) is 3.13. The molecule has 2 nitrogen and oxygen atoms in total. The fourth-order valence-electron chi connectivity index (χ4n) is 1.57. The normalized spacial score (nSPS) is 24.5. The Morgan fingerprint density at radius 1 is 1.58 bits per heavy atom. The van der Waals surface area contributed by atoms with Gasteiger partial charge in [-0.1, -0.05) is 13.5 Å². The second-order valence-electron chi connectivity index (χ2n) is 3.54. The summed E-state index contributed by atoms with van der Waals surface area (Å²) in [5.74, 6) is 0.505. The van der Waals surface area contributed by atoms with Gasteiger partial charge >= 0.3 is 0 Å². The van der Waals surface area contributed by atoms with Crippen LogP contribution in [0.3, 0.4) is 0 Å². The average Bonchev–Trinajstić information content (AvgIpc) is 1.82. The van der Waals surface area contributed by atoms with Crippen LogP contribution in [0.4, 0.5) is 0 Å². The molecule has 1 aliphatic carbocycles. The number of carbonyl (C=O) groups excluding carboxylic acids is 1. The van der Waals surface area contributed by atoms with Gasteiger partial charge in [0.2, 0.25) is 0 Å². The van der Waals surface area contributed by atoms with E-state index < -0.39 is 0 Å². The molecule has 1 aliphatic rings. The van der Waals surface area contributed by atoms with Crippen molar-refractivity contribution in [1.82, 2.24) is 0 Å². The van der Waals surface area contributed by atoms with E-state index in [1.165, 1.54) is 0 Å². The fraction of sp³-hybridized carbons (Fsp3) is 0.500. The maximum atomic E-state index is 11.4. The molecule has 0 heterocycles. The molecule has 1 N–H and O–H groups in total. The molecular weight excluding hydrogens is 152 g/mol. The van der Waals surface area contributed by atoms with E-state index in [9.17, 15) is 9.90 Å². The molecule has 1 unspecified atom stereocenters. The minimum absolute atomic E-state index is 0.0266. The second-order valence-corrected chi connectivity index (χ2v) is 3.54. The summed E-state index contributed by atoms with van der Waals surface area (Å²) in [5.41, 5.74) is 1.12. The van der Waals surface area contributed by atoms with Gasteiger partial charge in [-0.15, -0.1) is 0 Å². The van der Waals surface area contributed by atoms with E-state index >= 15 is 0 Å². The molecule has 1 atom stereocenters. The lowest BCUT2D eigenvalue weighted by Crippen LogP contribution is -2.18. The van der Waals surface area contributed by atoms with Crippen LogP contribution in [0.2, 0.25) is 0 Å². The van der Waals surface area contributed by atoms with Gasteiger partial charge in [-0.3, -0.25) is 4.79 Å². The predicted molar refractivity (Wildman–Crippen MR) is 47.9 cm³/mol. The van der Waals surface area contributed by atoms with Crippen molar-refractivity contribution >= 4 is 5.78 Å². The standard InChI is InChI=1S/C10H14O2/c1-6(2)10-8(11)4-7(3)5-9(10)12/h7,11H,1,4-5H2,2-3H3. The zero-order valence-electron chi connectivity index (χ0n) is 7.55. The third kappa shape index (κ3) is 1.58. The van der Waals surface area contributed by atoms with E-state index in [-0.39, 0.29) is 17.5 Å². The van der Waals surface area contributed by atoms with Gasteiger partial charge in [-0.2, -0.15) is 0 Å². The molecule has 12 heavy (non-hydrogen) atoms. The molecule has 0 fully saturated rings. The molecule has 0 aromatic heterocycles. The summed E-state index contributed by atoms with van der Waals surface area (Å²) in [6, 6.07) is 0. The molecule has 0 saturated heterocycles. The molecule has 0 aromatic rings. The zero-order chi connectivity index (χ0) is 9.30. The quantitative estimate of drug-likeness (QED) is 0.649. The van der Waals surface area contributed by atoms with Gasteiger partial charge in [0, 0.05) is 12.8 Å². The molecule has 0 aliphatic heterocycles. The summed E-state index contributed by atoms with van der Waals surface area (Å²) in [6.45, 7) is 7.38. The van der Waals surface area contributed by atoms with Crippen molar-refractivity contribution in [3.8, 4) is 0 Å². The van der Waals surface area contributed by atoms with E-state index in [1.807, 2.05) is 6.92 Å². The average molecular weight is 166 g/mol. The van der Waals surface area contributed by atoms with Gasteiger partial charge in [-0.25, -0.2) is 0 Å². The molecule has 2 heteroatoms. The van der Waals surface area contributed by atoms with Crippen molar-refractivity contribution in [2.75, 3.05) is 0 Å². The Morgan fingerprint density at radius 3 is 2.58 bits per heavy atom. The lowest BCUT2D eigenvalue weighted by Gasteiger charge is -2.19. The Bertz CT molecular complexity index is 261. The van der Waals surface area contributed by atoms with Gasteiger partial charge < -0.3 is 5.11 Å². The van der Waals surface area contributed by atoms with Crippen LogP contribution in [-0.4, -0.2) is 10.9 Å². The molecule has 0 radical (unpaired) electrons. The molecule has 0 bridgehead atoms. The smallest absolute Gasteiger partial charge is 0.166 e. The van der Waals surface area contributed by atoms with Crippen LogP contribution in [0.5, 0.6) is 0 Å². The predicted octanol–water partition coefficient (Wildman–Crippen LogP) is 2.37. The third-order valence-corrected chi connectivity index (χ3v) is 2.07. The number of rotatable bonds is 1. The molecule has 0 amide bonds. The minimum Gasteiger partial charge on any atom is -0.512 e. The number of hydrogen-bond acceptors (Lipinski definition) is 2. The van der Waals surface area contributed by atoms with Crippen molar-refractivity contribution in [2.24, 2.45) is 5.92 Å². The number of allylic oxidation sites excluding steroid dienone is 3. The summed E-state index contributed by atoms with van der Waals surface area (Å²) >= 11 is 0. The van der Waals surface area contributed by atoms with Gasteiger partial charge in [0.15, 0.2) is 5.78 Å². The molecule has 0 aromatic carbocycles. The maximum Gasteiger partial charge on any atom is 0.166 e. The van der Waals surface area contributed by atoms with E-state index in [1.54, 1.807) is 6.92 Å². The summed E-state index contributed by atoms with van der Waals surface area (Å²) in [7, 11) is 0. The highest BCUT2D eigenvalue weighted by Crippen LogP contribution is 2.28. The third-order valence-electron chi connectivity index (χ3n) is 2.07. The van der Waals surface area contributed by atoms with Gasteiger partial charge in [0.05, 0.1) is 5.57 Å². The first-order valence-corrected chi connectivity index (χ1v) is 4.13. The number of carbonyl (C=O) groups is 1. The van der Waals surface area contributed by atoms with Crippen LogP contribution in [0, 0.1) is 5.92 Å². The number of aliphatic hydroxyl groups is 1. The lowest BCUT2D eigenvalue weighted by molar-refractivity contribution is -0.116. The topological polar surface area (TPSA) is 37.3 Å². The van der Waals surface area contributed by atoms with Crippen molar-refractivity contribution in [3.05, 3.63) is 23.5 Å². The van der Waals surface area contributed by atoms with Crippen molar-refractivity contribution in [1.29, 1.82) is 0 Å². The van der Waals surface area contributed by atoms with E-state index in [0.717, 1.165) is 0 Å². The lowest BCUT2D eigenvalue weighted by atomic mass is 9.86. The van der Waals surface area contributed by atoms with E-state index in [2.05, 4.69) is 6.58 Å². The SMILES string of the molecule is C=C(C)C1=C(O)CC(C)CC1=O. The first kappa shape index (κ1) is 9.04. The van der Waals surface area contributed by atoms with Crippen molar-refractivity contribution in [2.45, 2.75) is 26.7 Å². The highest BCUT2D eigenvalue weighted by atomic mass is 16.3. The number of hydrogen-bond donors (Lipinski definition) is 1. The van der Waals surface area contributed by atoms with Gasteiger partial charge in [0.25, 0.3) is 0 Å². The summed E-state index contributed by atoms with van der Waals surface area (Å²) in [6.07, 6.45) is 1.14. The van der Waals surface area contributed by atoms with E-state index in [4.69, 9.17) is 0 Å². The Morgan fingerprint density at radius 2 is 2.17 bits per heavy atom. The monoisotopic (exact) mass is 166 g/mol. The number of Topliss-reactive ketones (excluding diaryl/α,β-unsaturated/α-hetero) is 1. The summed E-state index contributed by atoms with van der Waals surface area (Å²) in [4.78, 5) is 11.4. The zero-order valence-corrected chi connectivity index (χ0v) is 7.55. The van der Waals surface area contributed by atoms with Crippen molar-refractivity contribution < 1.29 is 9.90 Å². The summed E-state index contributed by atoms with van der Waals surface area (Å²) in [5, 5.41) is 9.48. The number of aliphatic hydroxyl groups excluding tert-OH is 1. The minimum atomic E-state index is 0.0266. The largest absolute Gasteiger partial charge is 0.512 e. The Hall–Kier alpha value is -1.05. The Kier molecular flexibility index (Phi) is 2.36.